The normalized spacial score (nSPS) is 12.8. The van der Waals surface area contributed by atoms with Gasteiger partial charge in [-0.2, -0.15) is 0 Å². The Kier molecular flexibility index (Phi) is 3.96. The molecule has 4 heteroatoms. The van der Waals surface area contributed by atoms with E-state index in [1.807, 2.05) is 18.2 Å². The molecule has 0 amide bonds. The van der Waals surface area contributed by atoms with Gasteiger partial charge in [-0.05, 0) is 31.2 Å². The average molecular weight is 336 g/mol. The summed E-state index contributed by atoms with van der Waals surface area (Å²) in [5.41, 5.74) is 0.938. The summed E-state index contributed by atoms with van der Waals surface area (Å²) in [6, 6.07) is 9.76. The number of alkyl halides is 1. The van der Waals surface area contributed by atoms with Gasteiger partial charge < -0.3 is 0 Å². The molecule has 2 aromatic rings. The maximum atomic E-state index is 6.17. The highest BCUT2D eigenvalue weighted by molar-refractivity contribution is 9.09. The van der Waals surface area contributed by atoms with Crippen molar-refractivity contribution in [2.24, 2.45) is 0 Å². The van der Waals surface area contributed by atoms with E-state index in [9.17, 15) is 0 Å². The molecule has 0 saturated carbocycles. The van der Waals surface area contributed by atoms with Crippen LogP contribution in [0.25, 0.3) is 0 Å². The monoisotopic (exact) mass is 334 g/mol. The van der Waals surface area contributed by atoms with Crippen molar-refractivity contribution in [2.45, 2.75) is 11.8 Å². The van der Waals surface area contributed by atoms with Crippen LogP contribution in [-0.4, -0.2) is 0 Å². The van der Waals surface area contributed by atoms with Gasteiger partial charge in [0.25, 0.3) is 0 Å². The van der Waals surface area contributed by atoms with E-state index in [1.165, 1.54) is 9.75 Å². The lowest BCUT2D eigenvalue weighted by Crippen LogP contribution is -1.92. The van der Waals surface area contributed by atoms with Gasteiger partial charge in [-0.15, -0.1) is 11.3 Å². The lowest BCUT2D eigenvalue weighted by atomic mass is 10.1. The van der Waals surface area contributed by atoms with Gasteiger partial charge >= 0.3 is 0 Å². The molecule has 1 heterocycles. The predicted octanol–water partition coefficient (Wildman–Crippen LogP) is 5.85. The number of hydrogen-bond donors (Lipinski definition) is 0. The summed E-state index contributed by atoms with van der Waals surface area (Å²) < 4.78 is 0. The molecule has 84 valence electrons. The van der Waals surface area contributed by atoms with Crippen LogP contribution < -0.4 is 0 Å². The summed E-state index contributed by atoms with van der Waals surface area (Å²) >= 11 is 17.7. The molecule has 1 atom stereocenters. The molecule has 0 N–H and O–H groups in total. The fourth-order valence-corrected chi connectivity index (χ4v) is 4.16. The Bertz CT molecular complexity index is 487. The Labute approximate surface area is 117 Å². The minimum absolute atomic E-state index is 0.0624. The number of rotatable bonds is 2. The van der Waals surface area contributed by atoms with Crippen LogP contribution >= 0.6 is 50.5 Å². The fraction of sp³-hybridized carbons (Fsp3) is 0.167. The topological polar surface area (TPSA) is 0 Å². The first-order chi connectivity index (χ1) is 7.59. The molecule has 2 rings (SSSR count). The molecule has 0 aliphatic heterocycles. The molecule has 0 aliphatic rings. The highest BCUT2D eigenvalue weighted by Crippen LogP contribution is 2.41. The minimum atomic E-state index is 0.0624. The maximum Gasteiger partial charge on any atom is 0.0767 e. The van der Waals surface area contributed by atoms with Crippen LogP contribution in [0.1, 0.15) is 20.1 Å². The molecule has 0 saturated heterocycles. The van der Waals surface area contributed by atoms with E-state index in [0.29, 0.717) is 10.0 Å². The van der Waals surface area contributed by atoms with Crippen molar-refractivity contribution in [3.8, 4) is 0 Å². The van der Waals surface area contributed by atoms with Crippen LogP contribution in [0.3, 0.4) is 0 Å². The summed E-state index contributed by atoms with van der Waals surface area (Å²) in [4.78, 5) is 2.56. The van der Waals surface area contributed by atoms with E-state index in [-0.39, 0.29) is 4.83 Å². The number of hydrogen-bond acceptors (Lipinski definition) is 1. The molecule has 16 heavy (non-hydrogen) atoms. The van der Waals surface area contributed by atoms with Gasteiger partial charge in [-0.1, -0.05) is 45.2 Å². The Balaban J connectivity index is 2.45. The van der Waals surface area contributed by atoms with Crippen molar-refractivity contribution < 1.29 is 0 Å². The number of thiophene rings is 1. The summed E-state index contributed by atoms with van der Waals surface area (Å²) in [5, 5.41) is 1.39. The van der Waals surface area contributed by atoms with Crippen molar-refractivity contribution in [3.05, 3.63) is 55.7 Å². The van der Waals surface area contributed by atoms with Gasteiger partial charge in [0.2, 0.25) is 0 Å². The van der Waals surface area contributed by atoms with Gasteiger partial charge in [-0.25, -0.2) is 0 Å². The van der Waals surface area contributed by atoms with Gasteiger partial charge in [-0.3, -0.25) is 0 Å². The van der Waals surface area contributed by atoms with E-state index >= 15 is 0 Å². The van der Waals surface area contributed by atoms with Crippen LogP contribution in [0.2, 0.25) is 10.0 Å². The SMILES string of the molecule is Cc1ccc(C(Br)c2c(Cl)cccc2Cl)s1. The smallest absolute Gasteiger partial charge is 0.0767 e. The van der Waals surface area contributed by atoms with E-state index in [4.69, 9.17) is 23.2 Å². The Hall–Kier alpha value is -0.0200. The van der Waals surface area contributed by atoms with Gasteiger partial charge in [0.15, 0.2) is 0 Å². The Morgan fingerprint density at radius 1 is 1.12 bits per heavy atom. The van der Waals surface area contributed by atoms with Crippen molar-refractivity contribution in [2.75, 3.05) is 0 Å². The molecule has 0 radical (unpaired) electrons. The second kappa shape index (κ2) is 5.09. The first-order valence-corrected chi connectivity index (χ1v) is 7.22. The van der Waals surface area contributed by atoms with Crippen LogP contribution in [-0.2, 0) is 0 Å². The van der Waals surface area contributed by atoms with Crippen molar-refractivity contribution >= 4 is 50.5 Å². The van der Waals surface area contributed by atoms with Gasteiger partial charge in [0.1, 0.15) is 0 Å². The molecular formula is C12H9BrCl2S. The van der Waals surface area contributed by atoms with Crippen LogP contribution in [0, 0.1) is 6.92 Å². The highest BCUT2D eigenvalue weighted by atomic mass is 79.9. The zero-order valence-corrected chi connectivity index (χ0v) is 12.4. The van der Waals surface area contributed by atoms with Crippen LogP contribution in [0.4, 0.5) is 0 Å². The quantitative estimate of drug-likeness (QED) is 0.604. The van der Waals surface area contributed by atoms with Gasteiger partial charge in [0, 0.05) is 25.4 Å². The summed E-state index contributed by atoms with van der Waals surface area (Å²) in [6.07, 6.45) is 0. The third kappa shape index (κ3) is 2.45. The van der Waals surface area contributed by atoms with Gasteiger partial charge in [0.05, 0.1) is 4.83 Å². The predicted molar refractivity (Wildman–Crippen MR) is 76.3 cm³/mol. The first kappa shape index (κ1) is 12.4. The van der Waals surface area contributed by atoms with E-state index < -0.39 is 0 Å². The molecule has 0 spiro atoms. The molecular weight excluding hydrogens is 327 g/mol. The summed E-state index contributed by atoms with van der Waals surface area (Å²) in [5.74, 6) is 0. The number of benzene rings is 1. The standard InChI is InChI=1S/C12H9BrCl2S/c1-7-5-6-10(16-7)12(13)11-8(14)3-2-4-9(11)15/h2-6,12H,1H3. The lowest BCUT2D eigenvalue weighted by Gasteiger charge is -2.12. The summed E-state index contributed by atoms with van der Waals surface area (Å²) in [6.45, 7) is 2.09. The Morgan fingerprint density at radius 3 is 2.25 bits per heavy atom. The third-order valence-corrected chi connectivity index (χ3v) is 5.24. The van der Waals surface area contributed by atoms with Crippen molar-refractivity contribution in [1.82, 2.24) is 0 Å². The van der Waals surface area contributed by atoms with E-state index in [0.717, 1.165) is 5.56 Å². The molecule has 1 aromatic carbocycles. The average Bonchev–Trinajstić information content (AvgIpc) is 2.64. The van der Waals surface area contributed by atoms with Crippen molar-refractivity contribution in [3.63, 3.8) is 0 Å². The number of aryl methyl sites for hydroxylation is 1. The fourth-order valence-electron chi connectivity index (χ4n) is 1.48. The molecule has 0 nitrogen and oxygen atoms in total. The second-order valence-corrected chi connectivity index (χ2v) is 6.50. The van der Waals surface area contributed by atoms with Crippen LogP contribution in [0.15, 0.2) is 30.3 Å². The molecule has 0 bridgehead atoms. The number of halogens is 3. The highest BCUT2D eigenvalue weighted by Gasteiger charge is 2.18. The molecule has 0 aliphatic carbocycles. The summed E-state index contributed by atoms with van der Waals surface area (Å²) in [7, 11) is 0. The molecule has 1 aromatic heterocycles. The van der Waals surface area contributed by atoms with Crippen molar-refractivity contribution in [1.29, 1.82) is 0 Å². The van der Waals surface area contributed by atoms with E-state index in [2.05, 4.69) is 35.0 Å². The molecule has 0 fully saturated rings. The Morgan fingerprint density at radius 2 is 1.75 bits per heavy atom. The zero-order chi connectivity index (χ0) is 11.7. The molecule has 1 unspecified atom stereocenters. The largest absolute Gasteiger partial charge is 0.144 e. The second-order valence-electron chi connectivity index (χ2n) is 3.45. The lowest BCUT2D eigenvalue weighted by molar-refractivity contribution is 1.23. The first-order valence-electron chi connectivity index (χ1n) is 4.74. The maximum absolute atomic E-state index is 6.17. The minimum Gasteiger partial charge on any atom is -0.144 e. The van der Waals surface area contributed by atoms with E-state index in [1.54, 1.807) is 11.3 Å². The third-order valence-electron chi connectivity index (χ3n) is 2.26. The zero-order valence-electron chi connectivity index (χ0n) is 8.51. The van der Waals surface area contributed by atoms with Crippen LogP contribution in [0.5, 0.6) is 0 Å².